The first-order valence-electron chi connectivity index (χ1n) is 11.1. The summed E-state index contributed by atoms with van der Waals surface area (Å²) >= 11 is 0.992. The average molecular weight is 509 g/mol. The Kier molecular flexibility index (Phi) is 6.80. The highest BCUT2D eigenvalue weighted by atomic mass is 32.1. The summed E-state index contributed by atoms with van der Waals surface area (Å²) in [7, 11) is 1.51. The number of rotatable bonds is 7. The van der Waals surface area contributed by atoms with Crippen LogP contribution in [-0.2, 0) is 9.59 Å². The smallest absolute Gasteiger partial charge is 0.301 e. The van der Waals surface area contributed by atoms with E-state index in [2.05, 4.69) is 4.98 Å². The number of hydrogen-bond acceptors (Lipinski definition) is 9. The van der Waals surface area contributed by atoms with Gasteiger partial charge in [-0.05, 0) is 55.8 Å². The lowest BCUT2D eigenvalue weighted by Gasteiger charge is -2.23. The zero-order valence-electron chi connectivity index (χ0n) is 20.1. The van der Waals surface area contributed by atoms with E-state index in [-0.39, 0.29) is 40.4 Å². The number of carbonyl (C=O) groups excluding carboxylic acids is 3. The Hall–Kier alpha value is -4.18. The minimum Gasteiger partial charge on any atom is -0.507 e. The predicted octanol–water partition coefficient (Wildman–Crippen LogP) is 4.39. The molecule has 2 aromatic carbocycles. The van der Waals surface area contributed by atoms with E-state index in [0.717, 1.165) is 11.3 Å². The van der Waals surface area contributed by atoms with Crippen LogP contribution in [0, 0.1) is 6.92 Å². The molecule has 1 aromatic heterocycles. The Bertz CT molecular complexity index is 1390. The largest absolute Gasteiger partial charge is 0.507 e. The second-order valence-electron chi connectivity index (χ2n) is 8.02. The van der Waals surface area contributed by atoms with Crippen LogP contribution in [0.3, 0.4) is 0 Å². The van der Waals surface area contributed by atoms with Gasteiger partial charge in [0.15, 0.2) is 22.4 Å². The van der Waals surface area contributed by atoms with Crippen molar-refractivity contribution in [1.29, 1.82) is 0 Å². The number of Topliss-reactive ketones (excluding diaryl/α,β-unsaturated/α-hetero) is 2. The molecule has 2 heterocycles. The molecule has 1 atom stereocenters. The first kappa shape index (κ1) is 24.9. The van der Waals surface area contributed by atoms with E-state index >= 15 is 0 Å². The number of aliphatic hydroxyl groups excluding tert-OH is 1. The van der Waals surface area contributed by atoms with Gasteiger partial charge in [0, 0.05) is 12.5 Å². The molecule has 2 N–H and O–H groups in total. The molecule has 0 radical (unpaired) electrons. The Morgan fingerprint density at radius 1 is 1.17 bits per heavy atom. The molecule has 186 valence electrons. The van der Waals surface area contributed by atoms with Crippen molar-refractivity contribution in [2.24, 2.45) is 0 Å². The Morgan fingerprint density at radius 3 is 2.44 bits per heavy atom. The van der Waals surface area contributed by atoms with Gasteiger partial charge in [0.05, 0.1) is 35.9 Å². The maximum Gasteiger partial charge on any atom is 0.301 e. The van der Waals surface area contributed by atoms with Gasteiger partial charge in [0.25, 0.3) is 5.78 Å². The summed E-state index contributed by atoms with van der Waals surface area (Å²) in [5, 5.41) is 21.6. The van der Waals surface area contributed by atoms with Crippen LogP contribution >= 0.6 is 11.3 Å². The quantitative estimate of drug-likeness (QED) is 0.208. The molecule has 0 saturated carbocycles. The number of phenols is 1. The Morgan fingerprint density at radius 2 is 1.86 bits per heavy atom. The minimum atomic E-state index is -1.09. The highest BCUT2D eigenvalue weighted by Crippen LogP contribution is 2.45. The fourth-order valence-corrected chi connectivity index (χ4v) is 5.02. The number of benzene rings is 2. The number of amides is 1. The van der Waals surface area contributed by atoms with E-state index < -0.39 is 17.7 Å². The van der Waals surface area contributed by atoms with Gasteiger partial charge in [-0.15, -0.1) is 0 Å². The van der Waals surface area contributed by atoms with E-state index in [0.29, 0.717) is 27.4 Å². The number of phenolic OH excluding ortho intramolecular Hbond substituents is 1. The van der Waals surface area contributed by atoms with Gasteiger partial charge in [-0.25, -0.2) is 4.98 Å². The first-order chi connectivity index (χ1) is 17.2. The van der Waals surface area contributed by atoms with E-state index in [4.69, 9.17) is 9.47 Å². The molecule has 1 aliphatic heterocycles. The summed E-state index contributed by atoms with van der Waals surface area (Å²) in [5.74, 6) is -1.80. The Labute approximate surface area is 211 Å². The van der Waals surface area contributed by atoms with Crippen molar-refractivity contribution < 1.29 is 34.1 Å². The lowest BCUT2D eigenvalue weighted by Crippen LogP contribution is -2.29. The fraction of sp³-hybridized carbons (Fsp3) is 0.231. The van der Waals surface area contributed by atoms with Crippen molar-refractivity contribution in [1.82, 2.24) is 4.98 Å². The van der Waals surface area contributed by atoms with E-state index in [1.54, 1.807) is 38.1 Å². The highest BCUT2D eigenvalue weighted by molar-refractivity contribution is 7.18. The normalized spacial score (nSPS) is 16.9. The van der Waals surface area contributed by atoms with Crippen molar-refractivity contribution in [2.75, 3.05) is 18.6 Å². The molecule has 10 heteroatoms. The summed E-state index contributed by atoms with van der Waals surface area (Å²) in [4.78, 5) is 44.6. The SMILES string of the molecule is CCOc1cc(C2/C(=C(\O)c3ccc(OC)cc3)C(=O)C(=O)N2c2nc(C)c(C(C)=O)s2)ccc1O. The maximum atomic E-state index is 13.3. The zero-order valence-corrected chi connectivity index (χ0v) is 20.9. The van der Waals surface area contributed by atoms with Gasteiger partial charge in [-0.3, -0.25) is 19.3 Å². The molecule has 1 unspecified atom stereocenters. The number of aromatic nitrogens is 1. The van der Waals surface area contributed by atoms with Crippen molar-refractivity contribution in [3.8, 4) is 17.2 Å². The van der Waals surface area contributed by atoms with Crippen LogP contribution in [0.4, 0.5) is 5.13 Å². The lowest BCUT2D eigenvalue weighted by atomic mass is 9.95. The van der Waals surface area contributed by atoms with Gasteiger partial charge in [0.1, 0.15) is 11.5 Å². The fourth-order valence-electron chi connectivity index (χ4n) is 4.03. The second-order valence-corrected chi connectivity index (χ2v) is 9.00. The van der Waals surface area contributed by atoms with Gasteiger partial charge < -0.3 is 19.7 Å². The van der Waals surface area contributed by atoms with E-state index in [1.807, 2.05) is 0 Å². The van der Waals surface area contributed by atoms with Crippen molar-refractivity contribution >= 4 is 39.7 Å². The number of aromatic hydroxyl groups is 1. The third-order valence-electron chi connectivity index (χ3n) is 5.72. The van der Waals surface area contributed by atoms with Crippen LogP contribution in [0.5, 0.6) is 17.2 Å². The number of ether oxygens (including phenoxy) is 2. The Balaban J connectivity index is 1.95. The number of methoxy groups -OCH3 is 1. The number of aliphatic hydroxyl groups is 1. The monoisotopic (exact) mass is 508 g/mol. The van der Waals surface area contributed by atoms with Gasteiger partial charge >= 0.3 is 5.91 Å². The zero-order chi connectivity index (χ0) is 26.1. The third kappa shape index (κ3) is 4.31. The van der Waals surface area contributed by atoms with E-state index in [9.17, 15) is 24.6 Å². The van der Waals surface area contributed by atoms with Gasteiger partial charge in [0.2, 0.25) is 0 Å². The molecule has 0 spiro atoms. The number of nitrogens with zero attached hydrogens (tertiary/aromatic N) is 2. The summed E-state index contributed by atoms with van der Waals surface area (Å²) < 4.78 is 10.7. The molecular weight excluding hydrogens is 484 g/mol. The van der Waals surface area contributed by atoms with E-state index in [1.165, 1.54) is 37.1 Å². The van der Waals surface area contributed by atoms with Crippen LogP contribution < -0.4 is 14.4 Å². The van der Waals surface area contributed by atoms with Crippen LogP contribution in [0.1, 0.15) is 46.4 Å². The molecule has 4 rings (SSSR count). The van der Waals surface area contributed by atoms with Crippen LogP contribution in [-0.4, -0.2) is 46.4 Å². The van der Waals surface area contributed by atoms with Gasteiger partial charge in [-0.1, -0.05) is 17.4 Å². The molecular formula is C26H24N2O7S. The van der Waals surface area contributed by atoms with Crippen molar-refractivity contribution in [3.63, 3.8) is 0 Å². The molecule has 0 aliphatic carbocycles. The maximum absolute atomic E-state index is 13.3. The number of ketones is 2. The van der Waals surface area contributed by atoms with Crippen LogP contribution in [0.15, 0.2) is 48.0 Å². The molecule has 1 amide bonds. The molecule has 9 nitrogen and oxygen atoms in total. The molecule has 1 saturated heterocycles. The number of carbonyl (C=O) groups is 3. The number of thiazole rings is 1. The predicted molar refractivity (Wildman–Crippen MR) is 134 cm³/mol. The first-order valence-corrected chi connectivity index (χ1v) is 11.9. The van der Waals surface area contributed by atoms with Crippen LogP contribution in [0.2, 0.25) is 0 Å². The third-order valence-corrected chi connectivity index (χ3v) is 6.98. The molecule has 36 heavy (non-hydrogen) atoms. The molecule has 0 bridgehead atoms. The van der Waals surface area contributed by atoms with Crippen molar-refractivity contribution in [3.05, 3.63) is 69.7 Å². The summed E-state index contributed by atoms with van der Waals surface area (Å²) in [6, 6.07) is 9.74. The topological polar surface area (TPSA) is 126 Å². The lowest BCUT2D eigenvalue weighted by molar-refractivity contribution is -0.132. The number of aryl methyl sites for hydroxylation is 1. The average Bonchev–Trinajstić information content (AvgIpc) is 3.37. The summed E-state index contributed by atoms with van der Waals surface area (Å²) in [6.07, 6.45) is 0. The standard InChI is InChI=1S/C26H24N2O7S/c1-5-35-19-12-16(8-11-18(19)30)21-20(22(31)15-6-9-17(34-4)10-7-15)23(32)25(33)28(21)26-27-13(2)24(36-26)14(3)29/h6-12,21,30-31H,5H2,1-4H3/b22-20+. The van der Waals surface area contributed by atoms with Crippen LogP contribution in [0.25, 0.3) is 5.76 Å². The molecule has 1 aliphatic rings. The minimum absolute atomic E-state index is 0.114. The molecule has 1 fully saturated rings. The van der Waals surface area contributed by atoms with Gasteiger partial charge in [-0.2, -0.15) is 0 Å². The summed E-state index contributed by atoms with van der Waals surface area (Å²) in [6.45, 7) is 5.07. The highest BCUT2D eigenvalue weighted by Gasteiger charge is 2.48. The summed E-state index contributed by atoms with van der Waals surface area (Å²) in [5.41, 5.74) is 0.986. The number of anilines is 1. The number of hydrogen-bond donors (Lipinski definition) is 2. The van der Waals surface area contributed by atoms with Crippen molar-refractivity contribution in [2.45, 2.75) is 26.8 Å². The molecule has 3 aromatic rings. The second kappa shape index (κ2) is 9.82.